The number of carbonyl (C=O) groups is 2. The Hall–Kier alpha value is -2.77. The van der Waals surface area contributed by atoms with E-state index >= 15 is 0 Å². The molecular weight excluding hydrogens is 271 g/mol. The van der Waals surface area contributed by atoms with Crippen LogP contribution in [0.2, 0.25) is 0 Å². The first-order chi connectivity index (χ1) is 9.35. The van der Waals surface area contributed by atoms with Crippen LogP contribution < -0.4 is 5.32 Å². The molecule has 0 fully saturated rings. The lowest BCUT2D eigenvalue weighted by molar-refractivity contribution is -0.387. The molecule has 0 bridgehead atoms. The molecule has 1 aromatic carbocycles. The predicted octanol–water partition coefficient (Wildman–Crippen LogP) is 1.38. The monoisotopic (exact) mass is 282 g/mol. The number of rotatable bonds is 4. The Morgan fingerprint density at radius 3 is 2.60 bits per heavy atom. The zero-order valence-electron chi connectivity index (χ0n) is 10.7. The van der Waals surface area contributed by atoms with Gasteiger partial charge in [0.15, 0.2) is 0 Å². The molecule has 0 radical (unpaired) electrons. The SMILES string of the molecule is COC(=O)/C(=C/c1ccc(F)c([N+](=O)[O-])c1)NC(C)=O. The minimum atomic E-state index is -0.994. The number of nitrogens with one attached hydrogen (secondary N) is 1. The third kappa shape index (κ3) is 3.87. The largest absolute Gasteiger partial charge is 0.464 e. The summed E-state index contributed by atoms with van der Waals surface area (Å²) in [6, 6.07) is 3.07. The molecule has 0 spiro atoms. The van der Waals surface area contributed by atoms with Crippen LogP contribution >= 0.6 is 0 Å². The maximum absolute atomic E-state index is 13.2. The number of benzene rings is 1. The fourth-order valence-electron chi connectivity index (χ4n) is 1.37. The van der Waals surface area contributed by atoms with Gasteiger partial charge in [0.1, 0.15) is 5.70 Å². The van der Waals surface area contributed by atoms with Crippen LogP contribution in [0.3, 0.4) is 0 Å². The van der Waals surface area contributed by atoms with Crippen LogP contribution in [-0.4, -0.2) is 23.9 Å². The minimum absolute atomic E-state index is 0.173. The number of amides is 1. The third-order valence-corrected chi connectivity index (χ3v) is 2.19. The third-order valence-electron chi connectivity index (χ3n) is 2.19. The molecule has 0 saturated carbocycles. The van der Waals surface area contributed by atoms with E-state index in [9.17, 15) is 24.1 Å². The van der Waals surface area contributed by atoms with Crippen LogP contribution in [0.5, 0.6) is 0 Å². The molecule has 7 nitrogen and oxygen atoms in total. The van der Waals surface area contributed by atoms with E-state index in [1.807, 2.05) is 0 Å². The summed E-state index contributed by atoms with van der Waals surface area (Å²) in [5, 5.41) is 12.8. The summed E-state index contributed by atoms with van der Waals surface area (Å²) in [5.74, 6) is -2.34. The lowest BCUT2D eigenvalue weighted by atomic mass is 10.1. The highest BCUT2D eigenvalue weighted by Crippen LogP contribution is 2.20. The second-order valence-corrected chi connectivity index (χ2v) is 3.70. The van der Waals surface area contributed by atoms with Gasteiger partial charge in [-0.15, -0.1) is 0 Å². The molecule has 1 amide bonds. The highest BCUT2D eigenvalue weighted by molar-refractivity contribution is 5.97. The van der Waals surface area contributed by atoms with Crippen LogP contribution in [0.15, 0.2) is 23.9 Å². The van der Waals surface area contributed by atoms with Crippen molar-refractivity contribution >= 4 is 23.6 Å². The molecule has 20 heavy (non-hydrogen) atoms. The standard InChI is InChI=1S/C12H11FN2O5/c1-7(16)14-10(12(17)20-2)5-8-3-4-9(13)11(6-8)15(18)19/h3-6H,1-2H3,(H,14,16)/b10-5-. The fraction of sp³-hybridized carbons (Fsp3) is 0.167. The quantitative estimate of drug-likeness (QED) is 0.389. The van der Waals surface area contributed by atoms with Gasteiger partial charge in [-0.05, 0) is 17.7 Å². The molecule has 0 aliphatic carbocycles. The average Bonchev–Trinajstić information content (AvgIpc) is 2.38. The molecule has 0 heterocycles. The Morgan fingerprint density at radius 2 is 2.10 bits per heavy atom. The van der Waals surface area contributed by atoms with Gasteiger partial charge in [0, 0.05) is 13.0 Å². The van der Waals surface area contributed by atoms with Crippen molar-refractivity contribution in [2.45, 2.75) is 6.92 Å². The number of nitro groups is 1. The number of hydrogen-bond donors (Lipinski definition) is 1. The van der Waals surface area contributed by atoms with Crippen LogP contribution in [0.25, 0.3) is 6.08 Å². The van der Waals surface area contributed by atoms with Crippen LogP contribution in [0.4, 0.5) is 10.1 Å². The molecule has 0 saturated heterocycles. The molecule has 1 aromatic rings. The lowest BCUT2D eigenvalue weighted by Crippen LogP contribution is -2.25. The van der Waals surface area contributed by atoms with E-state index in [-0.39, 0.29) is 11.3 Å². The molecule has 1 rings (SSSR count). The molecule has 1 N–H and O–H groups in total. The predicted molar refractivity (Wildman–Crippen MR) is 66.9 cm³/mol. The number of nitrogens with zero attached hydrogens (tertiary/aromatic N) is 1. The van der Waals surface area contributed by atoms with Crippen LogP contribution in [0, 0.1) is 15.9 Å². The fourth-order valence-corrected chi connectivity index (χ4v) is 1.37. The Kier molecular flexibility index (Phi) is 4.90. The highest BCUT2D eigenvalue weighted by Gasteiger charge is 2.16. The van der Waals surface area contributed by atoms with Crippen molar-refractivity contribution in [2.75, 3.05) is 7.11 Å². The highest BCUT2D eigenvalue weighted by atomic mass is 19.1. The summed E-state index contributed by atoms with van der Waals surface area (Å²) >= 11 is 0. The first kappa shape index (κ1) is 15.3. The molecule has 0 aliphatic rings. The van der Waals surface area contributed by atoms with E-state index in [0.29, 0.717) is 0 Å². The van der Waals surface area contributed by atoms with Gasteiger partial charge in [-0.25, -0.2) is 4.79 Å². The van der Waals surface area contributed by atoms with Crippen LogP contribution in [-0.2, 0) is 14.3 Å². The van der Waals surface area contributed by atoms with Crippen molar-refractivity contribution in [2.24, 2.45) is 0 Å². The van der Waals surface area contributed by atoms with Crippen molar-refractivity contribution < 1.29 is 23.6 Å². The van der Waals surface area contributed by atoms with E-state index in [1.165, 1.54) is 13.0 Å². The van der Waals surface area contributed by atoms with Crippen molar-refractivity contribution in [3.05, 3.63) is 45.4 Å². The normalized spacial score (nSPS) is 10.8. The number of halogens is 1. The molecule has 8 heteroatoms. The summed E-state index contributed by atoms with van der Waals surface area (Å²) in [6.45, 7) is 1.18. The van der Waals surface area contributed by atoms with Crippen molar-refractivity contribution in [1.82, 2.24) is 5.32 Å². The number of ether oxygens (including phenoxy) is 1. The molecular formula is C12H11FN2O5. The second-order valence-electron chi connectivity index (χ2n) is 3.70. The number of methoxy groups -OCH3 is 1. The van der Waals surface area contributed by atoms with Crippen molar-refractivity contribution in [3.8, 4) is 0 Å². The maximum Gasteiger partial charge on any atom is 0.354 e. The van der Waals surface area contributed by atoms with E-state index in [0.717, 1.165) is 25.3 Å². The minimum Gasteiger partial charge on any atom is -0.464 e. The van der Waals surface area contributed by atoms with E-state index in [4.69, 9.17) is 0 Å². The number of nitro benzene ring substituents is 1. The Morgan fingerprint density at radius 1 is 1.45 bits per heavy atom. The first-order valence-corrected chi connectivity index (χ1v) is 5.36. The van der Waals surface area contributed by atoms with E-state index in [2.05, 4.69) is 10.1 Å². The average molecular weight is 282 g/mol. The van der Waals surface area contributed by atoms with Crippen molar-refractivity contribution in [3.63, 3.8) is 0 Å². The Balaban J connectivity index is 3.23. The number of esters is 1. The molecule has 0 unspecified atom stereocenters. The topological polar surface area (TPSA) is 98.5 Å². The summed E-state index contributed by atoms with van der Waals surface area (Å²) in [5.41, 5.74) is -0.765. The summed E-state index contributed by atoms with van der Waals surface area (Å²) in [7, 11) is 1.12. The maximum atomic E-state index is 13.2. The zero-order valence-corrected chi connectivity index (χ0v) is 10.7. The van der Waals surface area contributed by atoms with Gasteiger partial charge in [0.05, 0.1) is 12.0 Å². The molecule has 106 valence electrons. The lowest BCUT2D eigenvalue weighted by Gasteiger charge is -2.06. The Bertz CT molecular complexity index is 598. The van der Waals surface area contributed by atoms with Gasteiger partial charge >= 0.3 is 11.7 Å². The Labute approximate surface area is 113 Å². The van der Waals surface area contributed by atoms with Gasteiger partial charge in [0.2, 0.25) is 11.7 Å². The smallest absolute Gasteiger partial charge is 0.354 e. The summed E-state index contributed by atoms with van der Waals surface area (Å²) in [4.78, 5) is 32.1. The van der Waals surface area contributed by atoms with Gasteiger partial charge in [0.25, 0.3) is 0 Å². The van der Waals surface area contributed by atoms with Gasteiger partial charge in [-0.2, -0.15) is 4.39 Å². The number of carbonyl (C=O) groups excluding carboxylic acids is 2. The molecule has 0 aliphatic heterocycles. The summed E-state index contributed by atoms with van der Waals surface area (Å²) in [6.07, 6.45) is 1.15. The number of hydrogen-bond acceptors (Lipinski definition) is 5. The van der Waals surface area contributed by atoms with Gasteiger partial charge in [-0.1, -0.05) is 6.07 Å². The molecule has 0 atom stereocenters. The van der Waals surface area contributed by atoms with Crippen molar-refractivity contribution in [1.29, 1.82) is 0 Å². The van der Waals surface area contributed by atoms with Gasteiger partial charge in [-0.3, -0.25) is 14.9 Å². The zero-order chi connectivity index (χ0) is 15.3. The summed E-state index contributed by atoms with van der Waals surface area (Å²) < 4.78 is 17.6. The van der Waals surface area contributed by atoms with E-state index in [1.54, 1.807) is 0 Å². The van der Waals surface area contributed by atoms with E-state index < -0.39 is 28.3 Å². The second kappa shape index (κ2) is 6.41. The first-order valence-electron chi connectivity index (χ1n) is 5.36. The van der Waals surface area contributed by atoms with Crippen LogP contribution in [0.1, 0.15) is 12.5 Å². The van der Waals surface area contributed by atoms with Gasteiger partial charge < -0.3 is 10.1 Å². The molecule has 0 aromatic heterocycles.